The second kappa shape index (κ2) is 11.4. The van der Waals surface area contributed by atoms with Crippen LogP contribution in [-0.4, -0.2) is 35.6 Å². The number of pyridine rings is 1. The molecule has 2 aromatic heterocycles. The summed E-state index contributed by atoms with van der Waals surface area (Å²) in [5, 5.41) is 7.80. The van der Waals surface area contributed by atoms with Crippen molar-refractivity contribution in [2.75, 3.05) is 19.7 Å². The summed E-state index contributed by atoms with van der Waals surface area (Å²) >= 11 is 1.74. The van der Waals surface area contributed by atoms with Crippen LogP contribution in [0.5, 0.6) is 5.88 Å². The zero-order chi connectivity index (χ0) is 18.2. The second-order valence-electron chi connectivity index (χ2n) is 6.49. The Bertz CT molecular complexity index is 732. The zero-order valence-electron chi connectivity index (χ0n) is 15.9. The number of aryl methyl sites for hydroxylation is 1. The van der Waals surface area contributed by atoms with E-state index in [-0.39, 0.29) is 24.0 Å². The second-order valence-corrected chi connectivity index (χ2v) is 7.81. The Balaban J connectivity index is 0.00000261. The highest BCUT2D eigenvalue weighted by Gasteiger charge is 2.22. The molecule has 0 spiro atoms. The lowest BCUT2D eigenvalue weighted by atomic mass is 10.3. The van der Waals surface area contributed by atoms with E-state index >= 15 is 0 Å². The summed E-state index contributed by atoms with van der Waals surface area (Å²) in [5.74, 6) is 2.24. The molecule has 1 fully saturated rings. The van der Waals surface area contributed by atoms with Gasteiger partial charge in [-0.2, -0.15) is 0 Å². The quantitative estimate of drug-likeness (QED) is 0.313. The number of hydrogen-bond donors (Lipinski definition) is 2. The molecule has 0 amide bonds. The molecule has 0 atom stereocenters. The van der Waals surface area contributed by atoms with E-state index < -0.39 is 0 Å². The van der Waals surface area contributed by atoms with Gasteiger partial charge < -0.3 is 15.4 Å². The van der Waals surface area contributed by atoms with Crippen LogP contribution >= 0.6 is 35.3 Å². The highest BCUT2D eigenvalue weighted by atomic mass is 127. The molecule has 0 bridgehead atoms. The first-order chi connectivity index (χ1) is 12.7. The summed E-state index contributed by atoms with van der Waals surface area (Å²) in [5.41, 5.74) is 1.10. The van der Waals surface area contributed by atoms with Gasteiger partial charge in [-0.1, -0.05) is 0 Å². The maximum absolute atomic E-state index is 5.74. The number of guanidine groups is 1. The van der Waals surface area contributed by atoms with Gasteiger partial charge in [-0.15, -0.1) is 35.3 Å². The Kier molecular flexibility index (Phi) is 9.26. The third kappa shape index (κ3) is 8.00. The number of hydrogen-bond acceptors (Lipinski definition) is 5. The summed E-state index contributed by atoms with van der Waals surface area (Å²) < 4.78 is 5.74. The van der Waals surface area contributed by atoms with Crippen LogP contribution < -0.4 is 15.4 Å². The van der Waals surface area contributed by atoms with E-state index in [1.807, 2.05) is 18.3 Å². The topological polar surface area (TPSA) is 71.4 Å². The van der Waals surface area contributed by atoms with Crippen LogP contribution in [-0.2, 0) is 13.0 Å². The molecular weight excluding hydrogens is 473 g/mol. The van der Waals surface area contributed by atoms with Crippen molar-refractivity contribution in [3.05, 3.63) is 40.0 Å². The fraction of sp³-hybridized carbons (Fsp3) is 0.526. The highest BCUT2D eigenvalue weighted by Crippen LogP contribution is 2.29. The van der Waals surface area contributed by atoms with Crippen LogP contribution in [0, 0.1) is 12.8 Å². The molecule has 0 saturated heterocycles. The number of halogens is 1. The van der Waals surface area contributed by atoms with Gasteiger partial charge in [0.2, 0.25) is 5.88 Å². The van der Waals surface area contributed by atoms with Gasteiger partial charge in [0.15, 0.2) is 5.96 Å². The van der Waals surface area contributed by atoms with E-state index in [9.17, 15) is 0 Å². The maximum atomic E-state index is 5.74. The molecule has 0 radical (unpaired) electrons. The summed E-state index contributed by atoms with van der Waals surface area (Å²) in [6, 6.07) is 3.96. The number of aromatic nitrogens is 2. The van der Waals surface area contributed by atoms with Crippen molar-refractivity contribution >= 4 is 41.3 Å². The lowest BCUT2D eigenvalue weighted by molar-refractivity contribution is 0.288. The number of rotatable bonds is 9. The van der Waals surface area contributed by atoms with Crippen molar-refractivity contribution in [1.82, 2.24) is 20.6 Å². The Morgan fingerprint density at radius 1 is 1.33 bits per heavy atom. The SMILES string of the molecule is CCNC(=NCc1ccnc(OCC2CC2)c1)NCCc1ncc(C)s1.I. The molecule has 0 aromatic carbocycles. The fourth-order valence-corrected chi connectivity index (χ4v) is 3.22. The number of ether oxygens (including phenoxy) is 1. The van der Waals surface area contributed by atoms with Crippen LogP contribution in [0.2, 0.25) is 0 Å². The molecule has 3 rings (SSSR count). The third-order valence-electron chi connectivity index (χ3n) is 4.03. The van der Waals surface area contributed by atoms with Gasteiger partial charge in [-0.3, -0.25) is 0 Å². The molecule has 2 N–H and O–H groups in total. The molecule has 1 saturated carbocycles. The number of nitrogens with zero attached hydrogens (tertiary/aromatic N) is 3. The Hall–Kier alpha value is -1.42. The third-order valence-corrected chi connectivity index (χ3v) is 5.00. The Morgan fingerprint density at radius 3 is 2.89 bits per heavy atom. The summed E-state index contributed by atoms with van der Waals surface area (Å²) in [6.07, 6.45) is 7.17. The van der Waals surface area contributed by atoms with Gasteiger partial charge in [0.25, 0.3) is 0 Å². The largest absolute Gasteiger partial charge is 0.477 e. The number of nitrogens with one attached hydrogen (secondary N) is 2. The smallest absolute Gasteiger partial charge is 0.213 e. The van der Waals surface area contributed by atoms with Crippen molar-refractivity contribution in [2.24, 2.45) is 10.9 Å². The van der Waals surface area contributed by atoms with E-state index in [1.165, 1.54) is 17.7 Å². The molecule has 2 heterocycles. The minimum Gasteiger partial charge on any atom is -0.477 e. The zero-order valence-corrected chi connectivity index (χ0v) is 19.0. The molecular formula is C19H28IN5OS. The molecule has 6 nitrogen and oxygen atoms in total. The first-order valence-corrected chi connectivity index (χ1v) is 10.1. The predicted molar refractivity (Wildman–Crippen MR) is 121 cm³/mol. The monoisotopic (exact) mass is 501 g/mol. The average molecular weight is 501 g/mol. The van der Waals surface area contributed by atoms with Gasteiger partial charge >= 0.3 is 0 Å². The van der Waals surface area contributed by atoms with Crippen LogP contribution in [0.1, 0.15) is 35.2 Å². The average Bonchev–Trinajstić information content (AvgIpc) is 3.39. The number of aliphatic imine (C=N–C) groups is 1. The van der Waals surface area contributed by atoms with Crippen molar-refractivity contribution < 1.29 is 4.74 Å². The highest BCUT2D eigenvalue weighted by molar-refractivity contribution is 14.0. The van der Waals surface area contributed by atoms with Gasteiger partial charge in [0.05, 0.1) is 18.2 Å². The fourth-order valence-electron chi connectivity index (χ4n) is 2.43. The molecule has 8 heteroatoms. The van der Waals surface area contributed by atoms with E-state index in [0.717, 1.165) is 48.6 Å². The van der Waals surface area contributed by atoms with Gasteiger partial charge in [-0.05, 0) is 44.2 Å². The molecule has 1 aliphatic carbocycles. The molecule has 2 aromatic rings. The van der Waals surface area contributed by atoms with E-state index in [0.29, 0.717) is 12.4 Å². The van der Waals surface area contributed by atoms with E-state index in [1.54, 1.807) is 17.5 Å². The van der Waals surface area contributed by atoms with Crippen molar-refractivity contribution in [2.45, 2.75) is 39.7 Å². The Labute approximate surface area is 182 Å². The predicted octanol–water partition coefficient (Wildman–Crippen LogP) is 3.55. The molecule has 27 heavy (non-hydrogen) atoms. The van der Waals surface area contributed by atoms with Crippen LogP contribution in [0.15, 0.2) is 29.5 Å². The van der Waals surface area contributed by atoms with Crippen molar-refractivity contribution in [3.8, 4) is 5.88 Å². The van der Waals surface area contributed by atoms with Gasteiger partial charge in [0, 0.05) is 42.8 Å². The first-order valence-electron chi connectivity index (χ1n) is 9.24. The maximum Gasteiger partial charge on any atom is 0.213 e. The van der Waals surface area contributed by atoms with Crippen molar-refractivity contribution in [1.29, 1.82) is 0 Å². The normalized spacial score (nSPS) is 13.8. The summed E-state index contributed by atoms with van der Waals surface area (Å²) in [7, 11) is 0. The summed E-state index contributed by atoms with van der Waals surface area (Å²) in [4.78, 5) is 14.6. The van der Waals surface area contributed by atoms with Crippen LogP contribution in [0.4, 0.5) is 0 Å². The summed E-state index contributed by atoms with van der Waals surface area (Å²) in [6.45, 7) is 7.16. The lowest BCUT2D eigenvalue weighted by Gasteiger charge is -2.11. The van der Waals surface area contributed by atoms with Gasteiger partial charge in [-0.25, -0.2) is 15.0 Å². The number of thiazole rings is 1. The van der Waals surface area contributed by atoms with Crippen LogP contribution in [0.25, 0.3) is 0 Å². The van der Waals surface area contributed by atoms with Gasteiger partial charge in [0.1, 0.15) is 0 Å². The minimum absolute atomic E-state index is 0. The minimum atomic E-state index is 0. The van der Waals surface area contributed by atoms with Crippen molar-refractivity contribution in [3.63, 3.8) is 0 Å². The molecule has 1 aliphatic rings. The van der Waals surface area contributed by atoms with Crippen LogP contribution in [0.3, 0.4) is 0 Å². The Morgan fingerprint density at radius 2 is 2.19 bits per heavy atom. The molecule has 0 aliphatic heterocycles. The standard InChI is InChI=1S/C19H27N5OS.HI/c1-3-20-19(22-9-7-18-23-11-14(2)26-18)24-12-16-6-8-21-17(10-16)25-13-15-4-5-15;/h6,8,10-11,15H,3-5,7,9,12-13H2,1-2H3,(H2,20,22,24);1H. The van der Waals surface area contributed by atoms with E-state index in [4.69, 9.17) is 4.74 Å². The lowest BCUT2D eigenvalue weighted by Crippen LogP contribution is -2.38. The molecule has 0 unspecified atom stereocenters. The first kappa shape index (κ1) is 21.9. The van der Waals surface area contributed by atoms with E-state index in [2.05, 4.69) is 39.4 Å². The molecule has 148 valence electrons.